The van der Waals surface area contributed by atoms with E-state index < -0.39 is 40.6 Å². The number of aryl methyl sites for hydroxylation is 1. The summed E-state index contributed by atoms with van der Waals surface area (Å²) in [6.45, 7) is 9.68. The molecule has 1 saturated heterocycles. The van der Waals surface area contributed by atoms with E-state index in [0.29, 0.717) is 42.2 Å². The summed E-state index contributed by atoms with van der Waals surface area (Å²) < 4.78 is 5.39. The van der Waals surface area contributed by atoms with Crippen molar-refractivity contribution in [3.63, 3.8) is 0 Å². The first kappa shape index (κ1) is 39.9. The summed E-state index contributed by atoms with van der Waals surface area (Å²) in [6.07, 6.45) is 10.5. The van der Waals surface area contributed by atoms with Crippen molar-refractivity contribution < 1.29 is 33.5 Å². The average Bonchev–Trinajstić information content (AvgIpc) is 3.78. The summed E-state index contributed by atoms with van der Waals surface area (Å²) >= 11 is 6.50. The second-order valence-electron chi connectivity index (χ2n) is 17.0. The number of likely N-dealkylation sites (tertiary alicyclic amines) is 1. The smallest absolute Gasteiger partial charge is 0.246 e. The lowest BCUT2D eigenvalue weighted by Gasteiger charge is -2.36. The predicted molar refractivity (Wildman–Crippen MR) is 200 cm³/mol. The molecule has 11 heteroatoms. The van der Waals surface area contributed by atoms with E-state index in [0.717, 1.165) is 49.7 Å². The third kappa shape index (κ3) is 9.63. The van der Waals surface area contributed by atoms with Gasteiger partial charge in [0.25, 0.3) is 0 Å². The molecule has 1 aromatic rings. The lowest BCUT2D eigenvalue weighted by atomic mass is 9.84. The van der Waals surface area contributed by atoms with Crippen LogP contribution in [0.15, 0.2) is 17.3 Å². The van der Waals surface area contributed by atoms with Crippen molar-refractivity contribution >= 4 is 46.5 Å². The summed E-state index contributed by atoms with van der Waals surface area (Å²) in [7, 11) is 1.55. The van der Waals surface area contributed by atoms with Crippen LogP contribution in [0.4, 0.5) is 0 Å². The van der Waals surface area contributed by atoms with Gasteiger partial charge in [-0.2, -0.15) is 0 Å². The van der Waals surface area contributed by atoms with Gasteiger partial charge >= 0.3 is 0 Å². The molecule has 10 nitrogen and oxygen atoms in total. The highest BCUT2D eigenvalue weighted by molar-refractivity contribution is 6.38. The average molecular weight is 740 g/mol. The third-order valence-corrected chi connectivity index (χ3v) is 11.8. The van der Waals surface area contributed by atoms with Gasteiger partial charge in [0.2, 0.25) is 17.6 Å². The molecule has 3 fully saturated rings. The zero-order chi connectivity index (χ0) is 37.8. The van der Waals surface area contributed by atoms with Gasteiger partial charge < -0.3 is 19.8 Å². The minimum atomic E-state index is -0.997. The monoisotopic (exact) mass is 739 g/mol. The van der Waals surface area contributed by atoms with E-state index >= 15 is 0 Å². The van der Waals surface area contributed by atoms with Crippen LogP contribution in [-0.4, -0.2) is 71.1 Å². The van der Waals surface area contributed by atoms with Gasteiger partial charge in [-0.1, -0.05) is 76.6 Å². The van der Waals surface area contributed by atoms with Crippen molar-refractivity contribution in [3.05, 3.63) is 28.3 Å². The Labute approximate surface area is 314 Å². The number of carbonyl (C=O) groups is 5. The van der Waals surface area contributed by atoms with E-state index in [1.165, 1.54) is 12.8 Å². The highest BCUT2D eigenvalue weighted by Gasteiger charge is 2.55. The largest absolute Gasteiger partial charge is 0.495 e. The van der Waals surface area contributed by atoms with Crippen molar-refractivity contribution in [2.45, 2.75) is 149 Å². The molecule has 0 unspecified atom stereocenters. The quantitative estimate of drug-likeness (QED) is 0.147. The molecule has 1 spiro atoms. The number of nitrogens with zero attached hydrogens (tertiary/aromatic N) is 2. The molecule has 4 aliphatic rings. The maximum absolute atomic E-state index is 14.7. The highest BCUT2D eigenvalue weighted by Crippen LogP contribution is 2.42. The fourth-order valence-corrected chi connectivity index (χ4v) is 8.52. The van der Waals surface area contributed by atoms with E-state index in [4.69, 9.17) is 21.2 Å². The molecule has 0 aromatic heterocycles. The van der Waals surface area contributed by atoms with Gasteiger partial charge in [0, 0.05) is 43.6 Å². The lowest BCUT2D eigenvalue weighted by molar-refractivity contribution is -0.145. The summed E-state index contributed by atoms with van der Waals surface area (Å²) in [5, 5.41) is 7.99. The number of Topliss-reactive ketones (excluding diaryl/α,β-unsaturated/α-hetero) is 3. The van der Waals surface area contributed by atoms with Crippen molar-refractivity contribution in [1.29, 1.82) is 0 Å². The van der Waals surface area contributed by atoms with Crippen molar-refractivity contribution in [3.8, 4) is 5.75 Å². The molecule has 2 aliphatic heterocycles. The fourth-order valence-electron chi connectivity index (χ4n) is 8.28. The Hall–Kier alpha value is -3.27. The second kappa shape index (κ2) is 16.8. The lowest BCUT2D eigenvalue weighted by Crippen LogP contribution is -2.57. The second-order valence-corrected chi connectivity index (χ2v) is 17.4. The number of hydrogen-bond acceptors (Lipinski definition) is 8. The number of rotatable bonds is 15. The van der Waals surface area contributed by atoms with E-state index in [2.05, 4.69) is 10.5 Å². The molecule has 4 atom stereocenters. The topological polar surface area (TPSA) is 131 Å². The van der Waals surface area contributed by atoms with Gasteiger partial charge in [0.05, 0.1) is 30.4 Å². The maximum atomic E-state index is 14.7. The SMILES string of the molecule is CCC[C@H](CC(=O)[C@@H]1C[C@]2(CC(c3cc(Cl)c(OC)cc3C)=NO2)CN1C(=O)[C@@H](NC(=O)CC1CCCCCC1)C(C)(C)C)C(=O)C(=O)CC1CC1. The van der Waals surface area contributed by atoms with Gasteiger partial charge in [-0.05, 0) is 74.0 Å². The number of carbonyl (C=O) groups excluding carboxylic acids is 5. The first-order valence-corrected chi connectivity index (χ1v) is 19.8. The number of methoxy groups -OCH3 is 1. The molecule has 286 valence electrons. The zero-order valence-corrected chi connectivity index (χ0v) is 32.7. The number of ketones is 3. The zero-order valence-electron chi connectivity index (χ0n) is 32.0. The van der Waals surface area contributed by atoms with Crippen LogP contribution in [0.2, 0.25) is 5.02 Å². The van der Waals surface area contributed by atoms with Crippen molar-refractivity contribution in [1.82, 2.24) is 10.2 Å². The Balaban J connectivity index is 1.40. The summed E-state index contributed by atoms with van der Waals surface area (Å²) in [5.74, 6) is -1.33. The number of nitrogens with one attached hydrogen (secondary N) is 1. The molecular formula is C41H58ClN3O7. The Morgan fingerprint density at radius 2 is 1.71 bits per heavy atom. The van der Waals surface area contributed by atoms with Crippen LogP contribution in [-0.2, 0) is 28.8 Å². The summed E-state index contributed by atoms with van der Waals surface area (Å²) in [5.41, 5.74) is 0.668. The molecule has 1 N–H and O–H groups in total. The van der Waals surface area contributed by atoms with Gasteiger partial charge in [-0.25, -0.2) is 0 Å². The molecule has 1 aromatic carbocycles. The number of oxime groups is 1. The number of hydrogen-bond donors (Lipinski definition) is 1. The van der Waals surface area contributed by atoms with Gasteiger partial charge in [-0.3, -0.25) is 24.0 Å². The van der Waals surface area contributed by atoms with E-state index in [1.807, 2.05) is 40.7 Å². The van der Waals surface area contributed by atoms with E-state index in [-0.39, 0.29) is 55.2 Å². The van der Waals surface area contributed by atoms with Crippen LogP contribution < -0.4 is 10.1 Å². The van der Waals surface area contributed by atoms with E-state index in [1.54, 1.807) is 18.1 Å². The fraction of sp³-hybridized carbons (Fsp3) is 0.707. The van der Waals surface area contributed by atoms with Crippen LogP contribution in [0.3, 0.4) is 0 Å². The normalized spacial score (nSPS) is 23.4. The number of ether oxygens (including phenoxy) is 1. The number of amides is 2. The minimum Gasteiger partial charge on any atom is -0.495 e. The Morgan fingerprint density at radius 1 is 1.04 bits per heavy atom. The van der Waals surface area contributed by atoms with Gasteiger partial charge in [-0.15, -0.1) is 0 Å². The number of benzene rings is 1. The summed E-state index contributed by atoms with van der Waals surface area (Å²) in [6, 6.07) is 1.81. The molecule has 2 heterocycles. The molecule has 2 aliphatic carbocycles. The Kier molecular flexibility index (Phi) is 12.9. The number of halogens is 1. The van der Waals surface area contributed by atoms with Crippen LogP contribution in [0.25, 0.3) is 0 Å². The minimum absolute atomic E-state index is 0.0796. The Bertz CT molecular complexity index is 1560. The summed E-state index contributed by atoms with van der Waals surface area (Å²) in [4.78, 5) is 76.7. The standard InChI is InChI=1S/C41H58ClN3O7/c1-7-12-28(37(49)34(47)18-27-15-16-27)20-33(46)32-23-41(22-31(44-52-41)29-21-30(42)35(51-6)17-25(29)2)24-45(32)39(50)38(40(3,4)5)43-36(48)19-26-13-10-8-9-11-14-26/h17,21,26-28,32,38H,7-16,18-20,22-24H2,1-6H3,(H,43,48)/t28-,32+,38-,41-/m1/s1. The molecule has 2 saturated carbocycles. The van der Waals surface area contributed by atoms with Gasteiger partial charge in [0.15, 0.2) is 17.2 Å². The van der Waals surface area contributed by atoms with Gasteiger partial charge in [0.1, 0.15) is 11.8 Å². The predicted octanol–water partition coefficient (Wildman–Crippen LogP) is 7.33. The van der Waals surface area contributed by atoms with E-state index in [9.17, 15) is 24.0 Å². The molecule has 0 radical (unpaired) electrons. The maximum Gasteiger partial charge on any atom is 0.246 e. The van der Waals surface area contributed by atoms with Crippen LogP contribution in [0.5, 0.6) is 5.75 Å². The molecule has 2 amide bonds. The van der Waals surface area contributed by atoms with Crippen molar-refractivity contribution in [2.24, 2.45) is 28.3 Å². The van der Waals surface area contributed by atoms with Crippen LogP contribution in [0.1, 0.15) is 135 Å². The molecular weight excluding hydrogens is 682 g/mol. The first-order chi connectivity index (χ1) is 24.6. The Morgan fingerprint density at radius 3 is 2.33 bits per heavy atom. The van der Waals surface area contributed by atoms with Crippen LogP contribution in [0, 0.1) is 30.1 Å². The molecule has 0 bridgehead atoms. The first-order valence-electron chi connectivity index (χ1n) is 19.4. The molecule has 52 heavy (non-hydrogen) atoms. The van der Waals surface area contributed by atoms with Crippen molar-refractivity contribution in [2.75, 3.05) is 13.7 Å². The third-order valence-electron chi connectivity index (χ3n) is 11.5. The highest BCUT2D eigenvalue weighted by atomic mass is 35.5. The molecule has 5 rings (SSSR count). The van der Waals surface area contributed by atoms with Crippen LogP contribution >= 0.6 is 11.6 Å².